The van der Waals surface area contributed by atoms with Gasteiger partial charge in [0.15, 0.2) is 5.79 Å². The molecule has 0 saturated carbocycles. The van der Waals surface area contributed by atoms with Gasteiger partial charge in [0, 0.05) is 41.9 Å². The highest BCUT2D eigenvalue weighted by Crippen LogP contribution is 2.36. The van der Waals surface area contributed by atoms with Crippen LogP contribution in [-0.4, -0.2) is 42.0 Å². The number of piperidine rings is 1. The molecule has 7 nitrogen and oxygen atoms in total. The van der Waals surface area contributed by atoms with Crippen molar-refractivity contribution >= 4 is 22.3 Å². The van der Waals surface area contributed by atoms with Crippen molar-refractivity contribution in [1.29, 1.82) is 0 Å². The van der Waals surface area contributed by atoms with Crippen molar-refractivity contribution in [3.63, 3.8) is 0 Å². The first-order valence-electron chi connectivity index (χ1n) is 8.15. The van der Waals surface area contributed by atoms with Gasteiger partial charge in [-0.2, -0.15) is 0 Å². The van der Waals surface area contributed by atoms with Crippen LogP contribution < -0.4 is 4.90 Å². The summed E-state index contributed by atoms with van der Waals surface area (Å²) in [6.07, 6.45) is 1.84. The van der Waals surface area contributed by atoms with E-state index in [9.17, 15) is 10.1 Å². The van der Waals surface area contributed by atoms with Gasteiger partial charge in [0.05, 0.1) is 30.2 Å². The first kappa shape index (κ1) is 15.3. The number of aromatic nitrogens is 1. The van der Waals surface area contributed by atoms with E-state index in [1.165, 1.54) is 6.07 Å². The third-order valence-corrected chi connectivity index (χ3v) is 4.68. The van der Waals surface area contributed by atoms with E-state index in [1.807, 2.05) is 13.0 Å². The number of non-ortho nitro benzene ring substituents is 1. The van der Waals surface area contributed by atoms with Crippen molar-refractivity contribution in [3.05, 3.63) is 40.1 Å². The van der Waals surface area contributed by atoms with Crippen LogP contribution in [0.2, 0.25) is 0 Å². The second kappa shape index (κ2) is 5.68. The number of fused-ring (bicyclic) bond motifs is 1. The molecule has 2 saturated heterocycles. The molecule has 0 unspecified atom stereocenters. The van der Waals surface area contributed by atoms with Gasteiger partial charge in [0.1, 0.15) is 0 Å². The summed E-state index contributed by atoms with van der Waals surface area (Å²) in [5.74, 6) is -0.539. The molecule has 2 aromatic rings. The van der Waals surface area contributed by atoms with Crippen LogP contribution >= 0.6 is 0 Å². The molecule has 2 fully saturated rings. The van der Waals surface area contributed by atoms with Crippen molar-refractivity contribution in [2.75, 3.05) is 31.2 Å². The Labute approximate surface area is 139 Å². The average molecular weight is 329 g/mol. The number of aryl methyl sites for hydroxylation is 1. The molecule has 2 aliphatic rings. The molecule has 3 heterocycles. The maximum atomic E-state index is 11.1. The lowest BCUT2D eigenvalue weighted by Crippen LogP contribution is -2.49. The quantitative estimate of drug-likeness (QED) is 0.623. The number of hydrogen-bond acceptors (Lipinski definition) is 6. The van der Waals surface area contributed by atoms with Gasteiger partial charge < -0.3 is 14.4 Å². The zero-order valence-electron chi connectivity index (χ0n) is 13.5. The predicted octanol–water partition coefficient (Wildman–Crippen LogP) is 2.79. The summed E-state index contributed by atoms with van der Waals surface area (Å²) in [4.78, 5) is 17.5. The first-order chi connectivity index (χ1) is 11.6. The van der Waals surface area contributed by atoms with Crippen LogP contribution in [0, 0.1) is 17.0 Å². The van der Waals surface area contributed by atoms with Crippen LogP contribution in [0.5, 0.6) is 0 Å². The molecule has 7 heteroatoms. The van der Waals surface area contributed by atoms with Crippen LogP contribution in [0.25, 0.3) is 10.9 Å². The van der Waals surface area contributed by atoms with E-state index in [4.69, 9.17) is 9.47 Å². The van der Waals surface area contributed by atoms with Crippen molar-refractivity contribution in [2.45, 2.75) is 25.6 Å². The fourth-order valence-electron chi connectivity index (χ4n) is 3.63. The number of ether oxygens (including phenoxy) is 2. The van der Waals surface area contributed by atoms with Gasteiger partial charge >= 0.3 is 0 Å². The fraction of sp³-hybridized carbons (Fsp3) is 0.471. The lowest BCUT2D eigenvalue weighted by molar-refractivity contribution is -0.384. The first-order valence-corrected chi connectivity index (χ1v) is 8.15. The smallest absolute Gasteiger partial charge is 0.270 e. The van der Waals surface area contributed by atoms with E-state index >= 15 is 0 Å². The van der Waals surface area contributed by atoms with Crippen LogP contribution in [0.1, 0.15) is 18.5 Å². The molecule has 1 aromatic carbocycles. The summed E-state index contributed by atoms with van der Waals surface area (Å²) in [6.45, 7) is 4.68. The van der Waals surface area contributed by atoms with Gasteiger partial charge in [0.25, 0.3) is 5.69 Å². The Hall–Kier alpha value is -2.25. The highest BCUT2D eigenvalue weighted by Gasteiger charge is 2.41. The Bertz CT molecular complexity index is 802. The lowest BCUT2D eigenvalue weighted by atomic mass is 10.0. The SMILES string of the molecule is Cc1cc(N2CCCC3(C2)OCCO3)c2cc([N+](=O)[O-])ccc2n1. The summed E-state index contributed by atoms with van der Waals surface area (Å²) in [5.41, 5.74) is 2.69. The van der Waals surface area contributed by atoms with Crippen molar-refractivity contribution < 1.29 is 14.4 Å². The normalized spacial score (nSPS) is 20.0. The molecule has 0 aliphatic carbocycles. The molecule has 4 rings (SSSR count). The number of anilines is 1. The number of benzene rings is 1. The monoisotopic (exact) mass is 329 g/mol. The van der Waals surface area contributed by atoms with Gasteiger partial charge in [0.2, 0.25) is 0 Å². The molecule has 0 N–H and O–H groups in total. The zero-order valence-corrected chi connectivity index (χ0v) is 13.5. The zero-order chi connectivity index (χ0) is 16.7. The summed E-state index contributed by atoms with van der Waals surface area (Å²) in [7, 11) is 0. The second-order valence-corrected chi connectivity index (χ2v) is 6.37. The van der Waals surface area contributed by atoms with Gasteiger partial charge in [-0.05, 0) is 25.5 Å². The molecule has 2 aliphatic heterocycles. The van der Waals surface area contributed by atoms with E-state index in [0.717, 1.165) is 41.7 Å². The fourth-order valence-corrected chi connectivity index (χ4v) is 3.63. The van der Waals surface area contributed by atoms with Gasteiger partial charge in [-0.15, -0.1) is 0 Å². The molecular formula is C17H19N3O4. The third kappa shape index (κ3) is 2.59. The lowest BCUT2D eigenvalue weighted by Gasteiger charge is -2.40. The summed E-state index contributed by atoms with van der Waals surface area (Å²) < 4.78 is 11.7. The Balaban J connectivity index is 1.79. The van der Waals surface area contributed by atoms with E-state index in [1.54, 1.807) is 12.1 Å². The minimum absolute atomic E-state index is 0.0782. The number of nitro groups is 1. The molecule has 0 amide bonds. The Kier molecular flexibility index (Phi) is 3.62. The number of nitrogens with zero attached hydrogens (tertiary/aromatic N) is 3. The summed E-state index contributed by atoms with van der Waals surface area (Å²) in [5, 5.41) is 11.9. The molecule has 24 heavy (non-hydrogen) atoms. The minimum Gasteiger partial charge on any atom is -0.366 e. The summed E-state index contributed by atoms with van der Waals surface area (Å²) in [6, 6.07) is 6.81. The summed E-state index contributed by atoms with van der Waals surface area (Å²) >= 11 is 0. The minimum atomic E-state index is -0.539. The predicted molar refractivity (Wildman–Crippen MR) is 89.2 cm³/mol. The van der Waals surface area contributed by atoms with Crippen molar-refractivity contribution in [3.8, 4) is 0 Å². The Morgan fingerprint density at radius 2 is 2.08 bits per heavy atom. The molecule has 0 bridgehead atoms. The van der Waals surface area contributed by atoms with Crippen LogP contribution in [0.4, 0.5) is 11.4 Å². The third-order valence-electron chi connectivity index (χ3n) is 4.68. The Morgan fingerprint density at radius 1 is 1.29 bits per heavy atom. The highest BCUT2D eigenvalue weighted by molar-refractivity contribution is 5.93. The van der Waals surface area contributed by atoms with Crippen LogP contribution in [0.3, 0.4) is 0 Å². The van der Waals surface area contributed by atoms with E-state index in [2.05, 4.69) is 9.88 Å². The molecule has 0 radical (unpaired) electrons. The number of pyridine rings is 1. The van der Waals surface area contributed by atoms with Crippen LogP contribution in [-0.2, 0) is 9.47 Å². The second-order valence-electron chi connectivity index (χ2n) is 6.37. The van der Waals surface area contributed by atoms with Crippen LogP contribution in [0.15, 0.2) is 24.3 Å². The average Bonchev–Trinajstić information content (AvgIpc) is 3.01. The highest BCUT2D eigenvalue weighted by atomic mass is 16.7. The van der Waals surface area contributed by atoms with Crippen molar-refractivity contribution in [1.82, 2.24) is 4.98 Å². The maximum Gasteiger partial charge on any atom is 0.270 e. The molecule has 1 spiro atoms. The number of nitro benzene ring substituents is 1. The van der Waals surface area contributed by atoms with E-state index in [0.29, 0.717) is 19.8 Å². The molecular weight excluding hydrogens is 310 g/mol. The number of hydrogen-bond donors (Lipinski definition) is 0. The van der Waals surface area contributed by atoms with Gasteiger partial charge in [-0.3, -0.25) is 15.1 Å². The number of rotatable bonds is 2. The molecule has 1 aromatic heterocycles. The largest absolute Gasteiger partial charge is 0.366 e. The van der Waals surface area contributed by atoms with E-state index < -0.39 is 5.79 Å². The van der Waals surface area contributed by atoms with Crippen molar-refractivity contribution in [2.24, 2.45) is 0 Å². The molecule has 126 valence electrons. The molecule has 0 atom stereocenters. The maximum absolute atomic E-state index is 11.1. The van der Waals surface area contributed by atoms with Gasteiger partial charge in [-0.1, -0.05) is 0 Å². The van der Waals surface area contributed by atoms with E-state index in [-0.39, 0.29) is 10.6 Å². The topological polar surface area (TPSA) is 77.7 Å². The standard InChI is InChI=1S/C17H19N3O4/c1-12-9-16(14-10-13(20(21)22)3-4-15(14)18-12)19-6-2-5-17(11-19)23-7-8-24-17/h3-4,9-10H,2,5-8,11H2,1H3. The van der Waals surface area contributed by atoms with Gasteiger partial charge in [-0.25, -0.2) is 0 Å². The Morgan fingerprint density at radius 3 is 2.83 bits per heavy atom.